The van der Waals surface area contributed by atoms with Crippen molar-refractivity contribution in [2.75, 3.05) is 19.8 Å². The van der Waals surface area contributed by atoms with Crippen molar-refractivity contribution in [3.05, 3.63) is 99.2 Å². The molecule has 1 aliphatic rings. The largest absolute Gasteiger partial charge is 0.494 e. The number of alkyl halides is 1. The third-order valence-corrected chi connectivity index (χ3v) is 6.21. The van der Waals surface area contributed by atoms with Gasteiger partial charge in [-0.2, -0.15) is 0 Å². The van der Waals surface area contributed by atoms with Gasteiger partial charge in [-0.05, 0) is 55.7 Å². The molecule has 4 nitrogen and oxygen atoms in total. The molecule has 0 fully saturated rings. The highest BCUT2D eigenvalue weighted by atomic mass is 35.5. The monoisotopic (exact) mass is 554 g/mol. The summed E-state index contributed by atoms with van der Waals surface area (Å²) in [5, 5.41) is -0.785. The van der Waals surface area contributed by atoms with Crippen LogP contribution in [0, 0.1) is 0 Å². The highest BCUT2D eigenvalue weighted by Crippen LogP contribution is 2.38. The van der Waals surface area contributed by atoms with Gasteiger partial charge in [0, 0.05) is 17.5 Å². The molecular formula is C27H26Cl4O4. The highest BCUT2D eigenvalue weighted by molar-refractivity contribution is 6.55. The summed E-state index contributed by atoms with van der Waals surface area (Å²) in [6.45, 7) is 1.12. The first-order chi connectivity index (χ1) is 16.9. The predicted molar refractivity (Wildman–Crippen MR) is 143 cm³/mol. The maximum atomic E-state index is 12.5. The van der Waals surface area contributed by atoms with Crippen LogP contribution in [0.3, 0.4) is 0 Å². The minimum Gasteiger partial charge on any atom is -0.494 e. The van der Waals surface area contributed by atoms with E-state index in [1.54, 1.807) is 30.3 Å². The Labute approximate surface area is 226 Å². The van der Waals surface area contributed by atoms with Gasteiger partial charge in [0.1, 0.15) is 10.2 Å². The molecule has 0 amide bonds. The number of carbonyl (C=O) groups is 1. The second kappa shape index (κ2) is 14.0. The summed E-state index contributed by atoms with van der Waals surface area (Å²) in [7, 11) is 0. The van der Waals surface area contributed by atoms with E-state index in [0.29, 0.717) is 41.6 Å². The van der Waals surface area contributed by atoms with Gasteiger partial charge < -0.3 is 14.2 Å². The van der Waals surface area contributed by atoms with Crippen LogP contribution in [-0.4, -0.2) is 30.7 Å². The normalized spacial score (nSPS) is 17.3. The molecule has 0 bridgehead atoms. The topological polar surface area (TPSA) is 44.8 Å². The van der Waals surface area contributed by atoms with Crippen LogP contribution in [0.4, 0.5) is 0 Å². The lowest BCUT2D eigenvalue weighted by atomic mass is 10.0. The molecule has 8 heteroatoms. The van der Waals surface area contributed by atoms with Crippen molar-refractivity contribution >= 4 is 52.2 Å². The lowest BCUT2D eigenvalue weighted by molar-refractivity contribution is 0.0403. The van der Waals surface area contributed by atoms with Crippen LogP contribution in [0.25, 0.3) is 0 Å². The fourth-order valence-electron chi connectivity index (χ4n) is 3.39. The van der Waals surface area contributed by atoms with E-state index < -0.39 is 5.06 Å². The summed E-state index contributed by atoms with van der Waals surface area (Å²) in [5.74, 6) is 1.11. The van der Waals surface area contributed by atoms with Crippen molar-refractivity contribution in [2.24, 2.45) is 0 Å². The second-order valence-corrected chi connectivity index (χ2v) is 9.79. The van der Waals surface area contributed by atoms with Gasteiger partial charge in [0.05, 0.1) is 24.9 Å². The van der Waals surface area contributed by atoms with Crippen molar-refractivity contribution in [3.8, 4) is 5.75 Å². The van der Waals surface area contributed by atoms with Crippen LogP contribution in [0.5, 0.6) is 5.75 Å². The number of unbranched alkanes of at least 4 members (excludes halogenated alkanes) is 2. The van der Waals surface area contributed by atoms with E-state index in [9.17, 15) is 4.79 Å². The molecule has 0 aromatic heterocycles. The van der Waals surface area contributed by atoms with E-state index in [1.165, 1.54) is 6.08 Å². The average Bonchev–Trinajstić information content (AvgIpc) is 2.85. The van der Waals surface area contributed by atoms with Gasteiger partial charge >= 0.3 is 0 Å². The first-order valence-electron chi connectivity index (χ1n) is 11.3. The minimum absolute atomic E-state index is 0.00787. The Hall–Kier alpha value is -1.95. The van der Waals surface area contributed by atoms with Gasteiger partial charge in [-0.3, -0.25) is 4.79 Å². The zero-order valence-corrected chi connectivity index (χ0v) is 22.0. The molecule has 186 valence electrons. The summed E-state index contributed by atoms with van der Waals surface area (Å²) >= 11 is 24.2. The number of halogens is 4. The van der Waals surface area contributed by atoms with Gasteiger partial charge in [-0.15, -0.1) is 0 Å². The molecule has 0 saturated heterocycles. The van der Waals surface area contributed by atoms with E-state index >= 15 is 0 Å². The Morgan fingerprint density at radius 1 is 0.914 bits per heavy atom. The van der Waals surface area contributed by atoms with Crippen LogP contribution in [0.1, 0.15) is 41.6 Å². The SMILES string of the molecule is O=C(c1ccccc1)c1ccc(OCCCCCOC2=C(Cl)CC=CC2(Cl)OCC=C(Cl)Cl)cc1. The minimum atomic E-state index is -1.29. The second-order valence-electron chi connectivity index (χ2n) is 7.77. The van der Waals surface area contributed by atoms with Crippen molar-refractivity contribution in [2.45, 2.75) is 30.7 Å². The van der Waals surface area contributed by atoms with Gasteiger partial charge in [-0.1, -0.05) is 82.8 Å². The van der Waals surface area contributed by atoms with Crippen LogP contribution in [-0.2, 0) is 9.47 Å². The Bertz CT molecular complexity index is 1060. The highest BCUT2D eigenvalue weighted by Gasteiger charge is 2.36. The molecule has 1 atom stereocenters. The Morgan fingerprint density at radius 2 is 1.57 bits per heavy atom. The Kier molecular flexibility index (Phi) is 11.0. The summed E-state index contributed by atoms with van der Waals surface area (Å²) in [6, 6.07) is 16.4. The quantitative estimate of drug-likeness (QED) is 0.108. The van der Waals surface area contributed by atoms with Gasteiger partial charge in [0.2, 0.25) is 5.06 Å². The summed E-state index contributed by atoms with van der Waals surface area (Å²) in [6.07, 6.45) is 8.11. The molecule has 0 saturated carbocycles. The molecule has 0 spiro atoms. The maximum absolute atomic E-state index is 12.5. The number of allylic oxidation sites excluding steroid dienone is 2. The Balaban J connectivity index is 1.37. The zero-order chi connectivity index (χ0) is 25.1. The lowest BCUT2D eigenvalue weighted by Crippen LogP contribution is -2.30. The number of benzene rings is 2. The lowest BCUT2D eigenvalue weighted by Gasteiger charge is -2.30. The van der Waals surface area contributed by atoms with Crippen LogP contribution < -0.4 is 4.74 Å². The first-order valence-corrected chi connectivity index (χ1v) is 12.8. The van der Waals surface area contributed by atoms with Gasteiger partial charge in [0.15, 0.2) is 11.5 Å². The number of rotatable bonds is 13. The molecule has 1 unspecified atom stereocenters. The molecule has 0 N–H and O–H groups in total. The van der Waals surface area contributed by atoms with Gasteiger partial charge in [0.25, 0.3) is 0 Å². The maximum Gasteiger partial charge on any atom is 0.219 e. The molecule has 35 heavy (non-hydrogen) atoms. The molecule has 0 aliphatic heterocycles. The standard InChI is InChI=1S/C27H26Cl4O4/c28-23-10-7-16-27(31,35-19-15-24(29)30)26(23)34-18-6-2-5-17-33-22-13-11-21(12-14-22)25(32)20-8-3-1-4-9-20/h1,3-4,7-9,11-16H,2,5-6,10,17-19H2. The number of hydrogen-bond donors (Lipinski definition) is 0. The Morgan fingerprint density at radius 3 is 2.26 bits per heavy atom. The third-order valence-electron chi connectivity index (χ3n) is 5.17. The summed E-state index contributed by atoms with van der Waals surface area (Å²) in [4.78, 5) is 12.5. The van der Waals surface area contributed by atoms with E-state index in [1.807, 2.05) is 36.4 Å². The third kappa shape index (κ3) is 8.59. The van der Waals surface area contributed by atoms with E-state index in [2.05, 4.69) is 0 Å². The summed E-state index contributed by atoms with van der Waals surface area (Å²) in [5.41, 5.74) is 1.30. The van der Waals surface area contributed by atoms with Crippen LogP contribution in [0.2, 0.25) is 0 Å². The number of hydrogen-bond acceptors (Lipinski definition) is 4. The van der Waals surface area contributed by atoms with E-state index in [0.717, 1.165) is 25.0 Å². The molecule has 2 aromatic carbocycles. The molecule has 0 heterocycles. The molecule has 2 aromatic rings. The molecule has 3 rings (SSSR count). The van der Waals surface area contributed by atoms with Crippen molar-refractivity contribution in [3.63, 3.8) is 0 Å². The van der Waals surface area contributed by atoms with Crippen LogP contribution >= 0.6 is 46.4 Å². The van der Waals surface area contributed by atoms with E-state index in [-0.39, 0.29) is 16.9 Å². The van der Waals surface area contributed by atoms with E-state index in [4.69, 9.17) is 60.6 Å². The van der Waals surface area contributed by atoms with Crippen LogP contribution in [0.15, 0.2) is 88.1 Å². The fourth-order valence-corrected chi connectivity index (χ4v) is 4.17. The zero-order valence-electron chi connectivity index (χ0n) is 19.0. The van der Waals surface area contributed by atoms with Gasteiger partial charge in [-0.25, -0.2) is 0 Å². The number of ketones is 1. The predicted octanol–water partition coefficient (Wildman–Crippen LogP) is 8.16. The van der Waals surface area contributed by atoms with Crippen molar-refractivity contribution in [1.29, 1.82) is 0 Å². The van der Waals surface area contributed by atoms with Crippen molar-refractivity contribution < 1.29 is 19.0 Å². The smallest absolute Gasteiger partial charge is 0.219 e. The molecule has 1 aliphatic carbocycles. The molecule has 0 radical (unpaired) electrons. The fraction of sp³-hybridized carbons (Fsp3) is 0.296. The number of carbonyl (C=O) groups excluding carboxylic acids is 1. The summed E-state index contributed by atoms with van der Waals surface area (Å²) < 4.78 is 17.5. The average molecular weight is 556 g/mol. The molecular weight excluding hydrogens is 530 g/mol. The van der Waals surface area contributed by atoms with Crippen molar-refractivity contribution in [1.82, 2.24) is 0 Å². The number of ether oxygens (including phenoxy) is 3. The first kappa shape index (κ1) is 27.6.